The highest BCUT2D eigenvalue weighted by atomic mass is 32.1. The standard InChI is InChI=1S/C14H18N2O2S/c1-2-18-11-6-4-10(5-7-11)16-13(17)14(12(15)19)8-3-9-14/h4-7H,2-3,8-9H2,1H3,(H2,15,19)(H,16,17). The average Bonchev–Trinajstić information content (AvgIpc) is 2.30. The Balaban J connectivity index is 2.04. The van der Waals surface area contributed by atoms with Crippen molar-refractivity contribution >= 4 is 28.8 Å². The Bertz CT molecular complexity index is 481. The molecule has 4 nitrogen and oxygen atoms in total. The van der Waals surface area contributed by atoms with E-state index in [0.717, 1.165) is 30.7 Å². The van der Waals surface area contributed by atoms with Gasteiger partial charge in [0.2, 0.25) is 5.91 Å². The van der Waals surface area contributed by atoms with Crippen LogP contribution in [0.25, 0.3) is 0 Å². The number of nitrogens with two attached hydrogens (primary N) is 1. The fourth-order valence-corrected chi connectivity index (χ4v) is 2.46. The lowest BCUT2D eigenvalue weighted by Gasteiger charge is -2.39. The van der Waals surface area contributed by atoms with Crippen LogP contribution in [0, 0.1) is 5.41 Å². The van der Waals surface area contributed by atoms with E-state index in [4.69, 9.17) is 22.7 Å². The van der Waals surface area contributed by atoms with Gasteiger partial charge in [-0.1, -0.05) is 18.6 Å². The molecule has 1 aliphatic carbocycles. The lowest BCUT2D eigenvalue weighted by Crippen LogP contribution is -2.50. The molecule has 1 saturated carbocycles. The molecule has 1 aliphatic rings. The van der Waals surface area contributed by atoms with E-state index >= 15 is 0 Å². The highest BCUT2D eigenvalue weighted by molar-refractivity contribution is 7.80. The van der Waals surface area contributed by atoms with Crippen molar-refractivity contribution in [1.82, 2.24) is 0 Å². The molecule has 1 amide bonds. The van der Waals surface area contributed by atoms with E-state index in [1.165, 1.54) is 0 Å². The predicted octanol–water partition coefficient (Wildman–Crippen LogP) is 2.48. The van der Waals surface area contributed by atoms with Crippen LogP contribution in [-0.4, -0.2) is 17.5 Å². The van der Waals surface area contributed by atoms with E-state index in [-0.39, 0.29) is 5.91 Å². The van der Waals surface area contributed by atoms with Gasteiger partial charge in [-0.15, -0.1) is 0 Å². The summed E-state index contributed by atoms with van der Waals surface area (Å²) in [4.78, 5) is 12.6. The molecule has 0 heterocycles. The number of nitrogens with one attached hydrogen (secondary N) is 1. The summed E-state index contributed by atoms with van der Waals surface area (Å²) in [6, 6.07) is 7.28. The number of hydrogen-bond acceptors (Lipinski definition) is 3. The van der Waals surface area contributed by atoms with Crippen molar-refractivity contribution < 1.29 is 9.53 Å². The molecule has 1 aromatic carbocycles. The van der Waals surface area contributed by atoms with Gasteiger partial charge in [0.05, 0.1) is 17.0 Å². The van der Waals surface area contributed by atoms with Gasteiger partial charge in [0.15, 0.2) is 0 Å². The van der Waals surface area contributed by atoms with Crippen LogP contribution in [0.2, 0.25) is 0 Å². The highest BCUT2D eigenvalue weighted by Gasteiger charge is 2.46. The zero-order chi connectivity index (χ0) is 13.9. The maximum Gasteiger partial charge on any atom is 0.237 e. The number of carbonyl (C=O) groups excluding carboxylic acids is 1. The van der Waals surface area contributed by atoms with Gasteiger partial charge in [-0.25, -0.2) is 0 Å². The number of anilines is 1. The summed E-state index contributed by atoms with van der Waals surface area (Å²) in [5.74, 6) is 0.684. The first-order valence-electron chi connectivity index (χ1n) is 6.43. The van der Waals surface area contributed by atoms with Crippen molar-refractivity contribution in [3.63, 3.8) is 0 Å². The van der Waals surface area contributed by atoms with Gasteiger partial charge >= 0.3 is 0 Å². The third kappa shape index (κ3) is 2.71. The third-order valence-electron chi connectivity index (χ3n) is 3.54. The van der Waals surface area contributed by atoms with Gasteiger partial charge in [-0.3, -0.25) is 4.79 Å². The Labute approximate surface area is 118 Å². The summed E-state index contributed by atoms with van der Waals surface area (Å²) in [6.45, 7) is 2.55. The van der Waals surface area contributed by atoms with Crippen molar-refractivity contribution in [3.8, 4) is 5.75 Å². The fraction of sp³-hybridized carbons (Fsp3) is 0.429. The Kier molecular flexibility index (Phi) is 4.04. The lowest BCUT2D eigenvalue weighted by molar-refractivity contribution is -0.125. The van der Waals surface area contributed by atoms with Gasteiger partial charge in [-0.05, 0) is 44.0 Å². The largest absolute Gasteiger partial charge is 0.494 e. The summed E-state index contributed by atoms with van der Waals surface area (Å²) in [5, 5.41) is 2.87. The molecule has 1 fully saturated rings. The van der Waals surface area contributed by atoms with E-state index in [2.05, 4.69) is 5.32 Å². The molecule has 2 rings (SSSR count). The van der Waals surface area contributed by atoms with Crippen molar-refractivity contribution in [2.24, 2.45) is 11.1 Å². The van der Waals surface area contributed by atoms with E-state index < -0.39 is 5.41 Å². The molecule has 0 spiro atoms. The molecule has 102 valence electrons. The van der Waals surface area contributed by atoms with Crippen LogP contribution in [0.15, 0.2) is 24.3 Å². The predicted molar refractivity (Wildman–Crippen MR) is 79.3 cm³/mol. The zero-order valence-electron chi connectivity index (χ0n) is 10.9. The minimum Gasteiger partial charge on any atom is -0.494 e. The second-order valence-corrected chi connectivity index (χ2v) is 5.15. The van der Waals surface area contributed by atoms with Crippen LogP contribution in [-0.2, 0) is 4.79 Å². The molecule has 0 unspecified atom stereocenters. The van der Waals surface area contributed by atoms with Crippen LogP contribution in [0.3, 0.4) is 0 Å². The second-order valence-electron chi connectivity index (χ2n) is 4.71. The zero-order valence-corrected chi connectivity index (χ0v) is 11.8. The Morgan fingerprint density at radius 2 is 2.05 bits per heavy atom. The van der Waals surface area contributed by atoms with Crippen LogP contribution in [0.1, 0.15) is 26.2 Å². The normalized spacial score (nSPS) is 16.3. The van der Waals surface area contributed by atoms with E-state index in [1.807, 2.05) is 31.2 Å². The smallest absolute Gasteiger partial charge is 0.237 e. The molecule has 0 saturated heterocycles. The first-order valence-corrected chi connectivity index (χ1v) is 6.83. The molecule has 0 aromatic heterocycles. The molecular weight excluding hydrogens is 260 g/mol. The fourth-order valence-electron chi connectivity index (χ4n) is 2.17. The number of rotatable bonds is 5. The monoisotopic (exact) mass is 278 g/mol. The topological polar surface area (TPSA) is 64.3 Å². The van der Waals surface area contributed by atoms with Gasteiger partial charge in [0, 0.05) is 5.69 Å². The molecule has 0 aliphatic heterocycles. The van der Waals surface area contributed by atoms with E-state index in [9.17, 15) is 4.79 Å². The number of carbonyl (C=O) groups is 1. The van der Waals surface area contributed by atoms with Crippen molar-refractivity contribution in [3.05, 3.63) is 24.3 Å². The number of thiocarbonyl (C=S) groups is 1. The molecule has 1 aromatic rings. The number of hydrogen-bond donors (Lipinski definition) is 2. The molecule has 0 radical (unpaired) electrons. The van der Waals surface area contributed by atoms with Crippen molar-refractivity contribution in [2.45, 2.75) is 26.2 Å². The first-order chi connectivity index (χ1) is 9.08. The maximum absolute atomic E-state index is 12.3. The molecule has 19 heavy (non-hydrogen) atoms. The van der Waals surface area contributed by atoms with Crippen LogP contribution >= 0.6 is 12.2 Å². The lowest BCUT2D eigenvalue weighted by atomic mass is 9.68. The van der Waals surface area contributed by atoms with Gasteiger partial charge < -0.3 is 15.8 Å². The number of amides is 1. The average molecular weight is 278 g/mol. The van der Waals surface area contributed by atoms with E-state index in [1.54, 1.807) is 0 Å². The quantitative estimate of drug-likeness (QED) is 0.812. The highest BCUT2D eigenvalue weighted by Crippen LogP contribution is 2.42. The summed E-state index contributed by atoms with van der Waals surface area (Å²) in [5.41, 5.74) is 5.79. The molecule has 0 bridgehead atoms. The summed E-state index contributed by atoms with van der Waals surface area (Å²) in [7, 11) is 0. The van der Waals surface area contributed by atoms with Gasteiger partial charge in [-0.2, -0.15) is 0 Å². The minimum atomic E-state index is -0.645. The number of benzene rings is 1. The minimum absolute atomic E-state index is 0.101. The summed E-state index contributed by atoms with van der Waals surface area (Å²) in [6.07, 6.45) is 2.48. The summed E-state index contributed by atoms with van der Waals surface area (Å²) >= 11 is 5.03. The molecule has 5 heteroatoms. The van der Waals surface area contributed by atoms with E-state index in [0.29, 0.717) is 11.6 Å². The van der Waals surface area contributed by atoms with Crippen molar-refractivity contribution in [2.75, 3.05) is 11.9 Å². The third-order valence-corrected chi connectivity index (χ3v) is 3.93. The first kappa shape index (κ1) is 13.8. The van der Waals surface area contributed by atoms with Crippen molar-refractivity contribution in [1.29, 1.82) is 0 Å². The maximum atomic E-state index is 12.3. The summed E-state index contributed by atoms with van der Waals surface area (Å²) < 4.78 is 5.35. The number of ether oxygens (including phenoxy) is 1. The SMILES string of the molecule is CCOc1ccc(NC(=O)C2(C(N)=S)CCC2)cc1. The van der Waals surface area contributed by atoms with Crippen LogP contribution < -0.4 is 15.8 Å². The molecule has 0 atom stereocenters. The molecular formula is C14H18N2O2S. The second kappa shape index (κ2) is 5.57. The Morgan fingerprint density at radius 3 is 2.47 bits per heavy atom. The van der Waals surface area contributed by atoms with Gasteiger partial charge in [0.25, 0.3) is 0 Å². The Hall–Kier alpha value is -1.62. The Morgan fingerprint density at radius 1 is 1.42 bits per heavy atom. The molecule has 3 N–H and O–H groups in total. The van der Waals surface area contributed by atoms with Crippen LogP contribution in [0.4, 0.5) is 5.69 Å². The van der Waals surface area contributed by atoms with Crippen LogP contribution in [0.5, 0.6) is 5.75 Å². The van der Waals surface area contributed by atoms with Gasteiger partial charge in [0.1, 0.15) is 5.75 Å².